The van der Waals surface area contributed by atoms with Gasteiger partial charge in [0.1, 0.15) is 5.01 Å². The van der Waals surface area contributed by atoms with Crippen molar-refractivity contribution in [1.29, 1.82) is 0 Å². The fourth-order valence-electron chi connectivity index (χ4n) is 2.89. The maximum atomic E-state index is 12.2. The number of likely N-dealkylation sites (tertiary alicyclic amines) is 1. The van der Waals surface area contributed by atoms with Crippen molar-refractivity contribution in [1.82, 2.24) is 15.1 Å². The van der Waals surface area contributed by atoms with E-state index in [0.29, 0.717) is 28.6 Å². The summed E-state index contributed by atoms with van der Waals surface area (Å²) < 4.78 is 0. The fourth-order valence-corrected chi connectivity index (χ4v) is 3.86. The summed E-state index contributed by atoms with van der Waals surface area (Å²) >= 11 is 7.17. The Labute approximate surface area is 161 Å². The lowest BCUT2D eigenvalue weighted by molar-refractivity contribution is -0.132. The Morgan fingerprint density at radius 3 is 2.77 bits per heavy atom. The van der Waals surface area contributed by atoms with Gasteiger partial charge in [-0.1, -0.05) is 29.0 Å². The molecule has 1 aromatic heterocycles. The van der Waals surface area contributed by atoms with Crippen LogP contribution in [-0.4, -0.2) is 40.0 Å². The van der Waals surface area contributed by atoms with Crippen molar-refractivity contribution in [3.05, 3.63) is 39.3 Å². The van der Waals surface area contributed by atoms with Gasteiger partial charge in [0.15, 0.2) is 0 Å². The summed E-state index contributed by atoms with van der Waals surface area (Å²) in [4.78, 5) is 26.3. The van der Waals surface area contributed by atoms with Gasteiger partial charge in [-0.25, -0.2) is 0 Å². The molecule has 2 heterocycles. The first-order valence-electron chi connectivity index (χ1n) is 8.79. The number of halogens is 1. The zero-order valence-corrected chi connectivity index (χ0v) is 16.0. The first-order chi connectivity index (χ1) is 12.6. The van der Waals surface area contributed by atoms with E-state index in [4.69, 9.17) is 11.6 Å². The van der Waals surface area contributed by atoms with Crippen molar-refractivity contribution in [3.8, 4) is 0 Å². The molecule has 0 aliphatic carbocycles. The van der Waals surface area contributed by atoms with Gasteiger partial charge in [0.05, 0.1) is 0 Å². The lowest BCUT2D eigenvalue weighted by Crippen LogP contribution is -2.35. The maximum absolute atomic E-state index is 12.2. The first kappa shape index (κ1) is 18.8. The second kappa shape index (κ2) is 9.09. The number of piperidine rings is 1. The van der Waals surface area contributed by atoms with Gasteiger partial charge in [-0.2, -0.15) is 0 Å². The van der Waals surface area contributed by atoms with Crippen LogP contribution in [0, 0.1) is 0 Å². The van der Waals surface area contributed by atoms with Gasteiger partial charge in [0.25, 0.3) is 5.91 Å². The van der Waals surface area contributed by atoms with Crippen molar-refractivity contribution in [2.75, 3.05) is 18.4 Å². The molecule has 1 fully saturated rings. The zero-order valence-electron chi connectivity index (χ0n) is 14.4. The quantitative estimate of drug-likeness (QED) is 0.811. The Morgan fingerprint density at radius 2 is 2.00 bits per heavy atom. The van der Waals surface area contributed by atoms with Crippen molar-refractivity contribution >= 4 is 40.4 Å². The third kappa shape index (κ3) is 5.25. The highest BCUT2D eigenvalue weighted by Crippen LogP contribution is 2.18. The minimum Gasteiger partial charge on any atom is -0.343 e. The highest BCUT2D eigenvalue weighted by atomic mass is 35.5. The third-order valence-corrected chi connectivity index (χ3v) is 5.45. The number of carbonyl (C=O) groups is 2. The normalized spacial score (nSPS) is 14.3. The molecule has 0 bridgehead atoms. The minimum absolute atomic E-state index is 0.216. The summed E-state index contributed by atoms with van der Waals surface area (Å²) in [5.41, 5.74) is 0.617. The molecule has 1 aliphatic rings. The number of benzene rings is 1. The van der Waals surface area contributed by atoms with E-state index in [2.05, 4.69) is 15.5 Å². The van der Waals surface area contributed by atoms with Crippen molar-refractivity contribution in [2.24, 2.45) is 0 Å². The summed E-state index contributed by atoms with van der Waals surface area (Å²) in [5.74, 6) is -0.0893. The molecular weight excluding hydrogens is 372 g/mol. The molecule has 1 aromatic carbocycles. The second-order valence-corrected chi connectivity index (χ2v) is 7.76. The van der Waals surface area contributed by atoms with E-state index in [-0.39, 0.29) is 11.8 Å². The highest BCUT2D eigenvalue weighted by Gasteiger charge is 2.17. The van der Waals surface area contributed by atoms with Gasteiger partial charge in [-0.05, 0) is 43.9 Å². The fraction of sp³-hybridized carbons (Fsp3) is 0.444. The van der Waals surface area contributed by atoms with Crippen LogP contribution >= 0.6 is 22.9 Å². The topological polar surface area (TPSA) is 75.2 Å². The van der Waals surface area contributed by atoms with Crippen molar-refractivity contribution in [2.45, 2.75) is 38.5 Å². The lowest BCUT2D eigenvalue weighted by atomic mass is 10.1. The molecule has 6 nitrogen and oxygen atoms in total. The van der Waals surface area contributed by atoms with Crippen LogP contribution in [0.4, 0.5) is 5.69 Å². The number of aryl methyl sites for hydroxylation is 1. The number of amides is 2. The number of hydrogen-bond acceptors (Lipinski definition) is 5. The number of aromatic nitrogens is 2. The summed E-state index contributed by atoms with van der Waals surface area (Å²) in [6.07, 6.45) is 5.32. The number of anilines is 1. The molecule has 0 saturated carbocycles. The van der Waals surface area contributed by atoms with E-state index in [0.717, 1.165) is 37.4 Å². The van der Waals surface area contributed by atoms with E-state index >= 15 is 0 Å². The molecule has 0 atom stereocenters. The van der Waals surface area contributed by atoms with E-state index in [9.17, 15) is 9.59 Å². The van der Waals surface area contributed by atoms with Gasteiger partial charge in [0, 0.05) is 36.6 Å². The van der Waals surface area contributed by atoms with Crippen LogP contribution in [0.25, 0.3) is 0 Å². The van der Waals surface area contributed by atoms with E-state index < -0.39 is 0 Å². The van der Waals surface area contributed by atoms with Gasteiger partial charge >= 0.3 is 0 Å². The molecule has 8 heteroatoms. The molecule has 1 N–H and O–H groups in total. The third-order valence-electron chi connectivity index (χ3n) is 4.23. The van der Waals surface area contributed by atoms with Crippen LogP contribution in [0.1, 0.15) is 46.9 Å². The number of rotatable bonds is 6. The number of hydrogen-bond donors (Lipinski definition) is 1. The van der Waals surface area contributed by atoms with Crippen LogP contribution in [0.15, 0.2) is 24.3 Å². The highest BCUT2D eigenvalue weighted by molar-refractivity contribution is 7.13. The monoisotopic (exact) mass is 392 g/mol. The molecule has 26 heavy (non-hydrogen) atoms. The Kier molecular flexibility index (Phi) is 6.57. The molecule has 3 rings (SSSR count). The van der Waals surface area contributed by atoms with E-state index in [1.165, 1.54) is 17.8 Å². The SMILES string of the molecule is O=C(Nc1cccc(Cl)c1)c1nnc(CCCC(=O)N2CCCCC2)s1. The number of nitrogens with zero attached hydrogens (tertiary/aromatic N) is 3. The van der Waals surface area contributed by atoms with Gasteiger partial charge in [-0.15, -0.1) is 10.2 Å². The molecule has 0 unspecified atom stereocenters. The standard InChI is InChI=1S/C18H21ClN4O2S/c19-13-6-4-7-14(12-13)20-17(25)18-22-21-15(26-18)8-5-9-16(24)23-10-2-1-3-11-23/h4,6-7,12H,1-3,5,8-11H2,(H,20,25). The minimum atomic E-state index is -0.305. The van der Waals surface area contributed by atoms with Gasteiger partial charge in [-0.3, -0.25) is 9.59 Å². The Bertz CT molecular complexity index is 774. The van der Waals surface area contributed by atoms with Crippen LogP contribution in [0.3, 0.4) is 0 Å². The summed E-state index contributed by atoms with van der Waals surface area (Å²) in [7, 11) is 0. The van der Waals surface area contributed by atoms with Crippen molar-refractivity contribution in [3.63, 3.8) is 0 Å². The summed E-state index contributed by atoms with van der Waals surface area (Å²) in [5, 5.41) is 12.4. The Morgan fingerprint density at radius 1 is 1.19 bits per heavy atom. The molecule has 2 aromatic rings. The van der Waals surface area contributed by atoms with Gasteiger partial charge in [0.2, 0.25) is 10.9 Å². The van der Waals surface area contributed by atoms with E-state index in [1.807, 2.05) is 4.90 Å². The van der Waals surface area contributed by atoms with Crippen LogP contribution < -0.4 is 5.32 Å². The van der Waals surface area contributed by atoms with Crippen molar-refractivity contribution < 1.29 is 9.59 Å². The smallest absolute Gasteiger partial charge is 0.286 e. The molecule has 0 spiro atoms. The molecule has 1 aliphatic heterocycles. The van der Waals surface area contributed by atoms with Crippen LogP contribution in [0.5, 0.6) is 0 Å². The van der Waals surface area contributed by atoms with Crippen LogP contribution in [-0.2, 0) is 11.2 Å². The molecule has 1 saturated heterocycles. The Hall–Kier alpha value is -1.99. The molecule has 2 amide bonds. The van der Waals surface area contributed by atoms with Gasteiger partial charge < -0.3 is 10.2 Å². The summed E-state index contributed by atoms with van der Waals surface area (Å²) in [6.45, 7) is 1.76. The number of carbonyl (C=O) groups excluding carboxylic acids is 2. The molecule has 0 radical (unpaired) electrons. The average molecular weight is 393 g/mol. The first-order valence-corrected chi connectivity index (χ1v) is 9.98. The number of nitrogens with one attached hydrogen (secondary N) is 1. The predicted octanol–water partition coefficient (Wildman–Crippen LogP) is 3.78. The lowest BCUT2D eigenvalue weighted by Gasteiger charge is -2.26. The Balaban J connectivity index is 1.46. The molecular formula is C18H21ClN4O2S. The van der Waals surface area contributed by atoms with E-state index in [1.54, 1.807) is 24.3 Å². The summed E-state index contributed by atoms with van der Waals surface area (Å²) in [6, 6.07) is 6.94. The largest absolute Gasteiger partial charge is 0.343 e. The second-order valence-electron chi connectivity index (χ2n) is 6.26. The average Bonchev–Trinajstić information content (AvgIpc) is 3.11. The zero-order chi connectivity index (χ0) is 18.4. The predicted molar refractivity (Wildman–Crippen MR) is 103 cm³/mol. The molecule has 138 valence electrons. The maximum Gasteiger partial charge on any atom is 0.286 e. The van der Waals surface area contributed by atoms with Crippen LogP contribution in [0.2, 0.25) is 5.02 Å².